The molecule has 0 aromatic heterocycles. The second kappa shape index (κ2) is 6.47. The number of hydrogen-bond acceptors (Lipinski definition) is 3. The fourth-order valence-corrected chi connectivity index (χ4v) is 2.96. The Bertz CT molecular complexity index is 554. The monoisotopic (exact) mass is 324 g/mol. The lowest BCUT2D eigenvalue weighted by Gasteiger charge is -2.19. The van der Waals surface area contributed by atoms with E-state index in [9.17, 15) is 4.79 Å². The van der Waals surface area contributed by atoms with Crippen molar-refractivity contribution >= 4 is 18.3 Å². The third-order valence-corrected chi connectivity index (χ3v) is 4.87. The molecule has 2 saturated carbocycles. The summed E-state index contributed by atoms with van der Waals surface area (Å²) < 4.78 is 5.37. The summed E-state index contributed by atoms with van der Waals surface area (Å²) in [6, 6.07) is 6.18. The number of carbonyl (C=O) groups excluding carboxylic acids is 1. The first-order chi connectivity index (χ1) is 10.1. The molecule has 0 spiro atoms. The van der Waals surface area contributed by atoms with Gasteiger partial charge in [0.1, 0.15) is 5.75 Å². The Morgan fingerprint density at radius 3 is 2.68 bits per heavy atom. The molecular weight excluding hydrogens is 300 g/mol. The van der Waals surface area contributed by atoms with Crippen LogP contribution < -0.4 is 15.8 Å². The summed E-state index contributed by atoms with van der Waals surface area (Å²) >= 11 is 0. The van der Waals surface area contributed by atoms with Crippen LogP contribution in [0, 0.1) is 12.8 Å². The van der Waals surface area contributed by atoms with Gasteiger partial charge in [0.2, 0.25) is 5.91 Å². The lowest BCUT2D eigenvalue weighted by atomic mass is 9.93. The third kappa shape index (κ3) is 3.23. The van der Waals surface area contributed by atoms with E-state index in [1.54, 1.807) is 7.11 Å². The fourth-order valence-electron chi connectivity index (χ4n) is 2.96. The number of amides is 1. The van der Waals surface area contributed by atoms with Crippen LogP contribution in [0.15, 0.2) is 18.2 Å². The zero-order chi connectivity index (χ0) is 15.0. The number of ether oxygens (including phenoxy) is 1. The molecule has 22 heavy (non-hydrogen) atoms. The second-order valence-electron chi connectivity index (χ2n) is 6.48. The number of nitrogens with one attached hydrogen (secondary N) is 1. The van der Waals surface area contributed by atoms with Crippen molar-refractivity contribution in [3.8, 4) is 5.75 Å². The highest BCUT2D eigenvalue weighted by Gasteiger charge is 2.51. The van der Waals surface area contributed by atoms with Gasteiger partial charge in [0, 0.05) is 12.6 Å². The first kappa shape index (κ1) is 17.1. The molecule has 1 aromatic rings. The summed E-state index contributed by atoms with van der Waals surface area (Å²) in [5.41, 5.74) is 7.85. The van der Waals surface area contributed by atoms with E-state index in [2.05, 4.69) is 5.32 Å². The molecule has 2 aliphatic rings. The quantitative estimate of drug-likeness (QED) is 0.844. The average Bonchev–Trinajstić information content (AvgIpc) is 3.37. The SMILES string of the molecule is COc1cc(C2(C(=O)NCC(N)C3CC3)CC2)ccc1C.Cl. The minimum Gasteiger partial charge on any atom is -0.496 e. The first-order valence-electron chi connectivity index (χ1n) is 7.76. The Morgan fingerprint density at radius 1 is 1.45 bits per heavy atom. The Balaban J connectivity index is 0.00000176. The van der Waals surface area contributed by atoms with Crippen LogP contribution in [0.5, 0.6) is 5.75 Å². The summed E-state index contributed by atoms with van der Waals surface area (Å²) in [6.45, 7) is 2.60. The summed E-state index contributed by atoms with van der Waals surface area (Å²) in [5.74, 6) is 1.57. The molecule has 0 radical (unpaired) electrons. The number of aryl methyl sites for hydroxylation is 1. The molecule has 5 heteroatoms. The van der Waals surface area contributed by atoms with Gasteiger partial charge in [-0.05, 0) is 55.7 Å². The van der Waals surface area contributed by atoms with Crippen LogP contribution in [0.4, 0.5) is 0 Å². The lowest BCUT2D eigenvalue weighted by Crippen LogP contribution is -2.43. The van der Waals surface area contributed by atoms with Gasteiger partial charge in [0.05, 0.1) is 12.5 Å². The van der Waals surface area contributed by atoms with Gasteiger partial charge in [0.15, 0.2) is 0 Å². The molecule has 0 saturated heterocycles. The predicted octanol–water partition coefficient (Wildman–Crippen LogP) is 2.31. The standard InChI is InChI=1S/C17H24N2O2.ClH/c1-11-3-6-13(9-15(11)21-2)17(7-8-17)16(20)19-10-14(18)12-4-5-12;/h3,6,9,12,14H,4-5,7-8,10,18H2,1-2H3,(H,19,20);1H. The number of methoxy groups -OCH3 is 1. The van der Waals surface area contributed by atoms with Crippen molar-refractivity contribution < 1.29 is 9.53 Å². The van der Waals surface area contributed by atoms with Gasteiger partial charge in [-0.1, -0.05) is 12.1 Å². The Labute approximate surface area is 138 Å². The molecule has 3 N–H and O–H groups in total. The molecule has 1 amide bonds. The van der Waals surface area contributed by atoms with Crippen LogP contribution >= 0.6 is 12.4 Å². The normalized spacial score (nSPS) is 19.8. The smallest absolute Gasteiger partial charge is 0.230 e. The highest BCUT2D eigenvalue weighted by molar-refractivity contribution is 5.91. The predicted molar refractivity (Wildman–Crippen MR) is 89.6 cm³/mol. The molecule has 2 fully saturated rings. The van der Waals surface area contributed by atoms with Crippen molar-refractivity contribution in [1.82, 2.24) is 5.32 Å². The summed E-state index contributed by atoms with van der Waals surface area (Å²) in [7, 11) is 1.67. The fraction of sp³-hybridized carbons (Fsp3) is 0.588. The van der Waals surface area contributed by atoms with Crippen molar-refractivity contribution in [3.63, 3.8) is 0 Å². The maximum absolute atomic E-state index is 12.6. The Morgan fingerprint density at radius 2 is 2.14 bits per heavy atom. The molecule has 0 bridgehead atoms. The summed E-state index contributed by atoms with van der Waals surface area (Å²) in [5, 5.41) is 3.05. The molecule has 1 atom stereocenters. The Kier molecular flexibility index (Phi) is 5.03. The van der Waals surface area contributed by atoms with Gasteiger partial charge < -0.3 is 15.8 Å². The molecule has 2 aliphatic carbocycles. The van der Waals surface area contributed by atoms with Gasteiger partial charge in [-0.3, -0.25) is 4.79 Å². The van der Waals surface area contributed by atoms with Crippen LogP contribution in [0.1, 0.15) is 36.8 Å². The van der Waals surface area contributed by atoms with Gasteiger partial charge in [-0.25, -0.2) is 0 Å². The van der Waals surface area contributed by atoms with E-state index < -0.39 is 0 Å². The highest BCUT2D eigenvalue weighted by atomic mass is 35.5. The third-order valence-electron chi connectivity index (χ3n) is 4.87. The van der Waals surface area contributed by atoms with Crippen LogP contribution in [-0.2, 0) is 10.2 Å². The number of hydrogen-bond donors (Lipinski definition) is 2. The number of halogens is 1. The van der Waals surface area contributed by atoms with Gasteiger partial charge in [0.25, 0.3) is 0 Å². The van der Waals surface area contributed by atoms with Crippen molar-refractivity contribution in [2.75, 3.05) is 13.7 Å². The van der Waals surface area contributed by atoms with E-state index in [0.717, 1.165) is 29.7 Å². The van der Waals surface area contributed by atoms with Gasteiger partial charge in [-0.15, -0.1) is 12.4 Å². The van der Waals surface area contributed by atoms with Gasteiger partial charge in [-0.2, -0.15) is 0 Å². The molecule has 1 aromatic carbocycles. The molecule has 4 nitrogen and oxygen atoms in total. The van der Waals surface area contributed by atoms with E-state index in [1.807, 2.05) is 25.1 Å². The zero-order valence-corrected chi connectivity index (χ0v) is 14.0. The van der Waals surface area contributed by atoms with E-state index in [-0.39, 0.29) is 29.8 Å². The summed E-state index contributed by atoms with van der Waals surface area (Å²) in [4.78, 5) is 12.6. The van der Waals surface area contributed by atoms with Gasteiger partial charge >= 0.3 is 0 Å². The number of benzene rings is 1. The largest absolute Gasteiger partial charge is 0.496 e. The maximum atomic E-state index is 12.6. The van der Waals surface area contributed by atoms with Crippen molar-refractivity contribution in [1.29, 1.82) is 0 Å². The highest BCUT2D eigenvalue weighted by Crippen LogP contribution is 2.49. The van der Waals surface area contributed by atoms with Crippen LogP contribution in [0.2, 0.25) is 0 Å². The lowest BCUT2D eigenvalue weighted by molar-refractivity contribution is -0.123. The molecular formula is C17H25ClN2O2. The first-order valence-corrected chi connectivity index (χ1v) is 7.76. The second-order valence-corrected chi connectivity index (χ2v) is 6.48. The van der Waals surface area contributed by atoms with Crippen molar-refractivity contribution in [2.24, 2.45) is 11.7 Å². The number of rotatable bonds is 6. The van der Waals surface area contributed by atoms with E-state index in [1.165, 1.54) is 12.8 Å². The van der Waals surface area contributed by atoms with Crippen molar-refractivity contribution in [3.05, 3.63) is 29.3 Å². The van der Waals surface area contributed by atoms with E-state index in [0.29, 0.717) is 12.5 Å². The summed E-state index contributed by atoms with van der Waals surface area (Å²) in [6.07, 6.45) is 4.22. The molecule has 0 heterocycles. The van der Waals surface area contributed by atoms with E-state index in [4.69, 9.17) is 10.5 Å². The minimum absolute atomic E-state index is 0. The zero-order valence-electron chi connectivity index (χ0n) is 13.2. The van der Waals surface area contributed by atoms with Crippen molar-refractivity contribution in [2.45, 2.75) is 44.1 Å². The van der Waals surface area contributed by atoms with Crippen LogP contribution in [-0.4, -0.2) is 25.6 Å². The van der Waals surface area contributed by atoms with Crippen LogP contribution in [0.3, 0.4) is 0 Å². The molecule has 1 unspecified atom stereocenters. The molecule has 0 aliphatic heterocycles. The number of nitrogens with two attached hydrogens (primary N) is 1. The Hall–Kier alpha value is -1.26. The minimum atomic E-state index is -0.357. The topological polar surface area (TPSA) is 64.3 Å². The number of carbonyl (C=O) groups is 1. The van der Waals surface area contributed by atoms with E-state index >= 15 is 0 Å². The molecule has 3 rings (SSSR count). The maximum Gasteiger partial charge on any atom is 0.230 e. The molecule has 122 valence electrons. The van der Waals surface area contributed by atoms with Crippen LogP contribution in [0.25, 0.3) is 0 Å². The average molecular weight is 325 g/mol.